The van der Waals surface area contributed by atoms with Crippen LogP contribution in [-0.2, 0) is 5.41 Å². The molecule has 2 aliphatic rings. The number of hydrogen-bond donors (Lipinski definition) is 0. The summed E-state index contributed by atoms with van der Waals surface area (Å²) in [4.78, 5) is 12.4. The first-order valence-electron chi connectivity index (χ1n) is 16.6. The molecule has 1 aliphatic carbocycles. The largest absolute Gasteiger partial charge is 0.228 e. The van der Waals surface area contributed by atoms with Crippen LogP contribution in [0.4, 0.5) is 0 Å². The first-order valence-corrected chi connectivity index (χ1v) is 17.5. The van der Waals surface area contributed by atoms with Gasteiger partial charge in [-0.05, 0) is 63.6 Å². The van der Waals surface area contributed by atoms with Gasteiger partial charge >= 0.3 is 0 Å². The molecule has 9 rings (SSSR count). The van der Waals surface area contributed by atoms with Gasteiger partial charge in [0.1, 0.15) is 0 Å². The Bertz CT molecular complexity index is 2490. The highest BCUT2D eigenvalue weighted by molar-refractivity contribution is 8.03. The molecule has 1 unspecified atom stereocenters. The molecule has 0 fully saturated rings. The van der Waals surface area contributed by atoms with E-state index in [1.807, 2.05) is 24.3 Å². The number of benzene rings is 6. The van der Waals surface area contributed by atoms with Crippen molar-refractivity contribution >= 4 is 22.7 Å². The van der Waals surface area contributed by atoms with Gasteiger partial charge in [-0.1, -0.05) is 170 Å². The Kier molecular flexibility index (Phi) is 7.03. The molecule has 0 bridgehead atoms. The second kappa shape index (κ2) is 11.7. The summed E-state index contributed by atoms with van der Waals surface area (Å²) in [6, 6.07) is 52.0. The smallest absolute Gasteiger partial charge is 0.160 e. The van der Waals surface area contributed by atoms with E-state index in [4.69, 9.17) is 9.97 Å². The highest BCUT2D eigenvalue weighted by Crippen LogP contribution is 2.64. The maximum absolute atomic E-state index is 5.13. The Balaban J connectivity index is 1.27. The quantitative estimate of drug-likeness (QED) is 0.191. The average molecular weight is 645 g/mol. The molecule has 0 N–H and O–H groups in total. The minimum absolute atomic E-state index is 0.507. The SMILES string of the molecule is C=C1Sc2ccccc2C2(/C1=C/C=C\C)c1ccccc1-c1cccc(-c3ccc(-c4nc(-c5ccccc5)nc5ccccc45)cc3)c12. The van der Waals surface area contributed by atoms with Gasteiger partial charge < -0.3 is 0 Å². The Labute approximate surface area is 291 Å². The zero-order valence-electron chi connectivity index (χ0n) is 27.1. The van der Waals surface area contributed by atoms with Gasteiger partial charge in [-0.3, -0.25) is 0 Å². The van der Waals surface area contributed by atoms with E-state index in [-0.39, 0.29) is 0 Å². The molecule has 1 spiro atoms. The monoisotopic (exact) mass is 644 g/mol. The van der Waals surface area contributed by atoms with Crippen LogP contribution in [0.5, 0.6) is 0 Å². The van der Waals surface area contributed by atoms with Gasteiger partial charge in [0.2, 0.25) is 0 Å². The first-order chi connectivity index (χ1) is 24.2. The van der Waals surface area contributed by atoms with Crippen LogP contribution in [0.2, 0.25) is 0 Å². The van der Waals surface area contributed by atoms with Gasteiger partial charge in [-0.25, -0.2) is 9.97 Å². The summed E-state index contributed by atoms with van der Waals surface area (Å²) < 4.78 is 0. The van der Waals surface area contributed by atoms with Crippen molar-refractivity contribution in [1.29, 1.82) is 0 Å². The lowest BCUT2D eigenvalue weighted by Crippen LogP contribution is -2.33. The number of allylic oxidation sites excluding steroid dienone is 4. The van der Waals surface area contributed by atoms with Crippen LogP contribution in [-0.4, -0.2) is 9.97 Å². The van der Waals surface area contributed by atoms with Crippen LogP contribution in [0.1, 0.15) is 23.6 Å². The second-order valence-electron chi connectivity index (χ2n) is 12.5. The van der Waals surface area contributed by atoms with E-state index in [1.165, 1.54) is 49.4 Å². The molecule has 1 aromatic heterocycles. The van der Waals surface area contributed by atoms with Crippen molar-refractivity contribution in [1.82, 2.24) is 9.97 Å². The molecule has 232 valence electrons. The van der Waals surface area contributed by atoms with Crippen LogP contribution >= 0.6 is 11.8 Å². The fourth-order valence-corrected chi connectivity index (χ4v) is 8.87. The lowest BCUT2D eigenvalue weighted by Gasteiger charge is -2.42. The molecule has 2 nitrogen and oxygen atoms in total. The molecule has 0 saturated carbocycles. The van der Waals surface area contributed by atoms with Crippen molar-refractivity contribution in [2.24, 2.45) is 0 Å². The van der Waals surface area contributed by atoms with E-state index in [1.54, 1.807) is 11.8 Å². The van der Waals surface area contributed by atoms with Gasteiger partial charge in [0.05, 0.1) is 16.6 Å². The molecule has 0 amide bonds. The zero-order chi connectivity index (χ0) is 33.0. The van der Waals surface area contributed by atoms with Gasteiger partial charge in [-0.15, -0.1) is 0 Å². The summed E-state index contributed by atoms with van der Waals surface area (Å²) in [5.74, 6) is 0.730. The van der Waals surface area contributed by atoms with Crippen LogP contribution < -0.4 is 0 Å². The average Bonchev–Trinajstić information content (AvgIpc) is 3.45. The Hall–Kier alpha value is -5.77. The van der Waals surface area contributed by atoms with Crippen molar-refractivity contribution in [2.45, 2.75) is 17.2 Å². The van der Waals surface area contributed by atoms with E-state index in [0.717, 1.165) is 38.5 Å². The third-order valence-electron chi connectivity index (χ3n) is 9.85. The molecule has 1 atom stereocenters. The Morgan fingerprint density at radius 3 is 2.10 bits per heavy atom. The minimum atomic E-state index is -0.507. The summed E-state index contributed by atoms with van der Waals surface area (Å²) in [6.07, 6.45) is 6.54. The molecule has 2 heterocycles. The number of para-hydroxylation sites is 1. The number of fused-ring (bicyclic) bond motifs is 8. The van der Waals surface area contributed by atoms with Crippen LogP contribution in [0.3, 0.4) is 0 Å². The molecular weight excluding hydrogens is 613 g/mol. The van der Waals surface area contributed by atoms with Gasteiger partial charge in [0.15, 0.2) is 5.82 Å². The van der Waals surface area contributed by atoms with Gasteiger partial charge in [0, 0.05) is 26.3 Å². The molecular formula is C46H32N2S. The normalized spacial score (nSPS) is 17.1. The van der Waals surface area contributed by atoms with Crippen molar-refractivity contribution in [3.8, 4) is 44.9 Å². The molecule has 6 aromatic carbocycles. The predicted molar refractivity (Wildman–Crippen MR) is 205 cm³/mol. The predicted octanol–water partition coefficient (Wildman–Crippen LogP) is 12.1. The summed E-state index contributed by atoms with van der Waals surface area (Å²) in [5, 5.41) is 1.04. The summed E-state index contributed by atoms with van der Waals surface area (Å²) in [7, 11) is 0. The van der Waals surface area contributed by atoms with E-state index in [0.29, 0.717) is 0 Å². The van der Waals surface area contributed by atoms with Crippen molar-refractivity contribution in [3.05, 3.63) is 198 Å². The van der Waals surface area contributed by atoms with E-state index in [9.17, 15) is 0 Å². The number of aromatic nitrogens is 2. The van der Waals surface area contributed by atoms with Crippen molar-refractivity contribution in [3.63, 3.8) is 0 Å². The highest BCUT2D eigenvalue weighted by atomic mass is 32.2. The van der Waals surface area contributed by atoms with E-state index >= 15 is 0 Å². The topological polar surface area (TPSA) is 25.8 Å². The fourth-order valence-electron chi connectivity index (χ4n) is 7.80. The maximum Gasteiger partial charge on any atom is 0.160 e. The lowest BCUT2D eigenvalue weighted by molar-refractivity contribution is 0.740. The Morgan fingerprint density at radius 1 is 0.592 bits per heavy atom. The minimum Gasteiger partial charge on any atom is -0.228 e. The zero-order valence-corrected chi connectivity index (χ0v) is 27.9. The molecule has 3 heteroatoms. The summed E-state index contributed by atoms with van der Waals surface area (Å²) >= 11 is 1.77. The summed E-state index contributed by atoms with van der Waals surface area (Å²) in [6.45, 7) is 6.74. The third kappa shape index (κ3) is 4.50. The molecule has 49 heavy (non-hydrogen) atoms. The van der Waals surface area contributed by atoms with E-state index < -0.39 is 5.41 Å². The van der Waals surface area contributed by atoms with Crippen molar-refractivity contribution in [2.75, 3.05) is 0 Å². The third-order valence-corrected chi connectivity index (χ3v) is 10.9. The van der Waals surface area contributed by atoms with Gasteiger partial charge in [0.25, 0.3) is 0 Å². The van der Waals surface area contributed by atoms with Crippen LogP contribution in [0.15, 0.2) is 186 Å². The molecule has 0 saturated heterocycles. The fraction of sp³-hybridized carbons (Fsp3) is 0.0435. The van der Waals surface area contributed by atoms with Crippen LogP contribution in [0, 0.1) is 0 Å². The van der Waals surface area contributed by atoms with Crippen molar-refractivity contribution < 1.29 is 0 Å². The second-order valence-corrected chi connectivity index (χ2v) is 13.6. The number of thioether (sulfide) groups is 1. The van der Waals surface area contributed by atoms with Crippen LogP contribution in [0.25, 0.3) is 55.8 Å². The lowest BCUT2D eigenvalue weighted by atomic mass is 9.65. The van der Waals surface area contributed by atoms with E-state index in [2.05, 4.69) is 153 Å². The maximum atomic E-state index is 5.13. The standard InChI is InChI=1S/C46H32N2S/c1-3-4-21-38-30(2)49-42-25-13-11-23-40(42)46(38)39-22-10-8-17-35(39)36-20-14-19-34(43(36)46)31-26-28-32(29-27-31)44-37-18-9-12-24-41(37)47-45(48-44)33-15-6-5-7-16-33/h3-29H,2H2,1H3/b4-3-,38-21+. The summed E-state index contributed by atoms with van der Waals surface area (Å²) in [5.41, 5.74) is 13.5. The first kappa shape index (κ1) is 29.4. The molecule has 1 aliphatic heterocycles. The van der Waals surface area contributed by atoms with Gasteiger partial charge in [-0.2, -0.15) is 0 Å². The number of hydrogen-bond acceptors (Lipinski definition) is 3. The molecule has 0 radical (unpaired) electrons. The molecule has 7 aromatic rings. The number of rotatable bonds is 4. The number of nitrogens with zero attached hydrogens (tertiary/aromatic N) is 2. The highest BCUT2D eigenvalue weighted by Gasteiger charge is 2.52. The Morgan fingerprint density at radius 2 is 1.27 bits per heavy atom.